The van der Waals surface area contributed by atoms with Crippen LogP contribution in [0.15, 0.2) is 11.6 Å². The van der Waals surface area contributed by atoms with Crippen LogP contribution in [0.4, 0.5) is 0 Å². The number of nitrogens with one attached hydrogen (secondary N) is 1. The normalized spacial score (nSPS) is 36.8. The third kappa shape index (κ3) is 1.60. The van der Waals surface area contributed by atoms with Gasteiger partial charge in [-0.2, -0.15) is 0 Å². The molecule has 0 saturated carbocycles. The highest BCUT2D eigenvalue weighted by Gasteiger charge is 2.48. The second kappa shape index (κ2) is 3.84. The van der Waals surface area contributed by atoms with Gasteiger partial charge in [-0.3, -0.25) is 4.90 Å². The Hall–Kier alpha value is -0.0500. The first-order chi connectivity index (χ1) is 6.66. The van der Waals surface area contributed by atoms with Gasteiger partial charge in [0.05, 0.1) is 0 Å². The Kier molecular flexibility index (Phi) is 2.87. The van der Waals surface area contributed by atoms with E-state index in [0.717, 1.165) is 18.4 Å². The van der Waals surface area contributed by atoms with Crippen LogP contribution in [-0.2, 0) is 0 Å². The van der Waals surface area contributed by atoms with E-state index in [4.69, 9.17) is 11.6 Å². The first-order valence-electron chi connectivity index (χ1n) is 5.37. The fourth-order valence-electron chi connectivity index (χ4n) is 2.98. The largest absolute Gasteiger partial charge is 0.316 e. The summed E-state index contributed by atoms with van der Waals surface area (Å²) in [6.07, 6.45) is 2.04. The predicted molar refractivity (Wildman–Crippen MR) is 60.5 cm³/mol. The zero-order valence-corrected chi connectivity index (χ0v) is 9.72. The number of nitrogens with zero attached hydrogens (tertiary/aromatic N) is 1. The third-order valence-electron chi connectivity index (χ3n) is 3.93. The monoisotopic (exact) mass is 214 g/mol. The van der Waals surface area contributed by atoms with Gasteiger partial charge in [0.1, 0.15) is 0 Å². The standard InChI is InChI=1S/C11H19ClN2/c1-11(2)10-7-13-6-9(10)8-14(11)5-3-4-12/h3-4,9-10,13H,5-8H2,1-2H3. The number of halogens is 1. The summed E-state index contributed by atoms with van der Waals surface area (Å²) in [7, 11) is 0. The number of hydrogen-bond acceptors (Lipinski definition) is 2. The lowest BCUT2D eigenvalue weighted by Gasteiger charge is -2.34. The zero-order chi connectivity index (χ0) is 10.2. The van der Waals surface area contributed by atoms with Crippen LogP contribution in [-0.4, -0.2) is 36.6 Å². The summed E-state index contributed by atoms with van der Waals surface area (Å²) in [6, 6.07) is 0. The first-order valence-corrected chi connectivity index (χ1v) is 5.81. The van der Waals surface area contributed by atoms with Crippen LogP contribution >= 0.6 is 11.6 Å². The Balaban J connectivity index is 2.07. The maximum atomic E-state index is 5.57. The minimum atomic E-state index is 0.324. The van der Waals surface area contributed by atoms with Crippen LogP contribution < -0.4 is 5.32 Å². The summed E-state index contributed by atoms with van der Waals surface area (Å²) < 4.78 is 0. The van der Waals surface area contributed by atoms with Crippen molar-refractivity contribution in [1.82, 2.24) is 10.2 Å². The van der Waals surface area contributed by atoms with Gasteiger partial charge in [0.2, 0.25) is 0 Å². The molecule has 0 aromatic rings. The Morgan fingerprint density at radius 2 is 2.29 bits per heavy atom. The van der Waals surface area contributed by atoms with Crippen LogP contribution in [0.2, 0.25) is 0 Å². The van der Waals surface area contributed by atoms with Crippen LogP contribution in [0.5, 0.6) is 0 Å². The molecule has 2 rings (SSSR count). The highest BCUT2D eigenvalue weighted by molar-refractivity contribution is 6.25. The molecule has 0 bridgehead atoms. The van der Waals surface area contributed by atoms with E-state index in [2.05, 4.69) is 24.1 Å². The fraction of sp³-hybridized carbons (Fsp3) is 0.818. The van der Waals surface area contributed by atoms with Crippen molar-refractivity contribution in [2.75, 3.05) is 26.2 Å². The topological polar surface area (TPSA) is 15.3 Å². The molecule has 1 N–H and O–H groups in total. The molecule has 0 radical (unpaired) electrons. The quantitative estimate of drug-likeness (QED) is 0.753. The minimum absolute atomic E-state index is 0.324. The number of rotatable bonds is 2. The van der Waals surface area contributed by atoms with E-state index >= 15 is 0 Å². The molecule has 2 atom stereocenters. The van der Waals surface area contributed by atoms with Gasteiger partial charge in [-0.05, 0) is 32.2 Å². The van der Waals surface area contributed by atoms with Gasteiger partial charge in [-0.25, -0.2) is 0 Å². The molecule has 14 heavy (non-hydrogen) atoms. The predicted octanol–water partition coefficient (Wildman–Crippen LogP) is 1.67. The third-order valence-corrected chi connectivity index (χ3v) is 4.11. The second-order valence-corrected chi connectivity index (χ2v) is 5.20. The molecule has 2 aliphatic rings. The van der Waals surface area contributed by atoms with Crippen molar-refractivity contribution < 1.29 is 0 Å². The van der Waals surface area contributed by atoms with Crippen LogP contribution in [0.25, 0.3) is 0 Å². The van der Waals surface area contributed by atoms with Gasteiger partial charge in [0, 0.05) is 30.7 Å². The van der Waals surface area contributed by atoms with Gasteiger partial charge >= 0.3 is 0 Å². The molecular weight excluding hydrogens is 196 g/mol. The average molecular weight is 215 g/mol. The Morgan fingerprint density at radius 1 is 1.50 bits per heavy atom. The van der Waals surface area contributed by atoms with Gasteiger partial charge in [-0.15, -0.1) is 0 Å². The molecule has 2 aliphatic heterocycles. The van der Waals surface area contributed by atoms with Crippen molar-refractivity contribution in [3.05, 3.63) is 11.6 Å². The Morgan fingerprint density at radius 3 is 2.93 bits per heavy atom. The fourth-order valence-corrected chi connectivity index (χ4v) is 3.06. The van der Waals surface area contributed by atoms with Crippen molar-refractivity contribution in [3.63, 3.8) is 0 Å². The van der Waals surface area contributed by atoms with Crippen LogP contribution in [0, 0.1) is 11.8 Å². The lowest BCUT2D eigenvalue weighted by Crippen LogP contribution is -2.44. The summed E-state index contributed by atoms with van der Waals surface area (Å²) in [4.78, 5) is 2.54. The van der Waals surface area contributed by atoms with E-state index < -0.39 is 0 Å². The molecule has 0 spiro atoms. The number of fused-ring (bicyclic) bond motifs is 1. The van der Waals surface area contributed by atoms with Crippen LogP contribution in [0.1, 0.15) is 13.8 Å². The summed E-state index contributed by atoms with van der Waals surface area (Å²) >= 11 is 5.57. The van der Waals surface area contributed by atoms with E-state index in [1.54, 1.807) is 5.54 Å². The summed E-state index contributed by atoms with van der Waals surface area (Å²) in [6.45, 7) is 9.28. The Bertz CT molecular complexity index is 237. The van der Waals surface area contributed by atoms with E-state index in [0.29, 0.717) is 5.54 Å². The molecule has 0 aromatic carbocycles. The molecule has 80 valence electrons. The molecule has 0 aromatic heterocycles. The average Bonchev–Trinajstić information content (AvgIpc) is 2.66. The zero-order valence-electron chi connectivity index (χ0n) is 8.96. The Labute approximate surface area is 91.3 Å². The van der Waals surface area contributed by atoms with Crippen molar-refractivity contribution in [2.24, 2.45) is 11.8 Å². The van der Waals surface area contributed by atoms with Gasteiger partial charge in [-0.1, -0.05) is 17.7 Å². The summed E-state index contributed by atoms with van der Waals surface area (Å²) in [5.41, 5.74) is 1.95. The summed E-state index contributed by atoms with van der Waals surface area (Å²) in [5.74, 6) is 1.65. The van der Waals surface area contributed by atoms with Crippen LogP contribution in [0.3, 0.4) is 0 Å². The lowest BCUT2D eigenvalue weighted by molar-refractivity contribution is 0.155. The molecule has 2 unspecified atom stereocenters. The molecule has 0 aliphatic carbocycles. The van der Waals surface area contributed by atoms with Gasteiger partial charge < -0.3 is 5.32 Å². The van der Waals surface area contributed by atoms with Crippen molar-refractivity contribution in [3.8, 4) is 0 Å². The molecule has 2 heterocycles. The van der Waals surface area contributed by atoms with E-state index in [1.807, 2.05) is 6.08 Å². The summed E-state index contributed by atoms with van der Waals surface area (Å²) in [5, 5.41) is 3.49. The van der Waals surface area contributed by atoms with Gasteiger partial charge in [0.25, 0.3) is 0 Å². The van der Waals surface area contributed by atoms with Crippen molar-refractivity contribution >= 4 is 11.6 Å². The highest BCUT2D eigenvalue weighted by atomic mass is 35.5. The van der Waals surface area contributed by atoms with Crippen molar-refractivity contribution in [1.29, 1.82) is 0 Å². The van der Waals surface area contributed by atoms with E-state index in [-0.39, 0.29) is 0 Å². The molecule has 0 amide bonds. The van der Waals surface area contributed by atoms with Gasteiger partial charge in [0.15, 0.2) is 0 Å². The highest BCUT2D eigenvalue weighted by Crippen LogP contribution is 2.40. The van der Waals surface area contributed by atoms with Crippen molar-refractivity contribution in [2.45, 2.75) is 19.4 Å². The molecule has 3 heteroatoms. The molecule has 2 saturated heterocycles. The maximum absolute atomic E-state index is 5.57. The second-order valence-electron chi connectivity index (χ2n) is 4.95. The number of likely N-dealkylation sites (tertiary alicyclic amines) is 1. The maximum Gasteiger partial charge on any atom is 0.0200 e. The molecule has 2 fully saturated rings. The SMILES string of the molecule is CC1(C)C2CNCC2CN1CC=CCl. The smallest absolute Gasteiger partial charge is 0.0200 e. The lowest BCUT2D eigenvalue weighted by atomic mass is 9.85. The van der Waals surface area contributed by atoms with E-state index in [9.17, 15) is 0 Å². The number of hydrogen-bond donors (Lipinski definition) is 1. The molecule has 2 nitrogen and oxygen atoms in total. The first kappa shape index (κ1) is 10.5. The molecular formula is C11H19ClN2. The van der Waals surface area contributed by atoms with E-state index in [1.165, 1.54) is 19.6 Å². The minimum Gasteiger partial charge on any atom is -0.316 e.